The summed E-state index contributed by atoms with van der Waals surface area (Å²) in [4.78, 5) is 24.3. The molecule has 1 saturated heterocycles. The minimum Gasteiger partial charge on any atom is -0.481 e. The van der Waals surface area contributed by atoms with Gasteiger partial charge in [0, 0.05) is 20.1 Å². The lowest BCUT2D eigenvalue weighted by Gasteiger charge is -2.36. The molecule has 0 spiro atoms. The average molecular weight is 229 g/mol. The monoisotopic (exact) mass is 229 g/mol. The molecule has 0 aromatic heterocycles. The lowest BCUT2D eigenvalue weighted by Crippen LogP contribution is -2.49. The Bertz CT molecular complexity index is 267. The second-order valence-electron chi connectivity index (χ2n) is 4.14. The summed E-state index contributed by atoms with van der Waals surface area (Å²) < 4.78 is 5.05. The van der Waals surface area contributed by atoms with Crippen molar-refractivity contribution in [2.24, 2.45) is 5.92 Å². The number of methoxy groups -OCH3 is 1. The Hall–Kier alpha value is -1.10. The SMILES string of the molecule is CCC(COC)N1CC(C(=O)O)CCC1=O. The molecule has 1 N–H and O–H groups in total. The van der Waals surface area contributed by atoms with Crippen molar-refractivity contribution in [3.05, 3.63) is 0 Å². The van der Waals surface area contributed by atoms with Crippen molar-refractivity contribution < 1.29 is 19.4 Å². The lowest BCUT2D eigenvalue weighted by molar-refractivity contribution is -0.149. The third kappa shape index (κ3) is 2.95. The van der Waals surface area contributed by atoms with Crippen molar-refractivity contribution in [1.29, 1.82) is 0 Å². The summed E-state index contributed by atoms with van der Waals surface area (Å²) in [7, 11) is 1.59. The highest BCUT2D eigenvalue weighted by atomic mass is 16.5. The van der Waals surface area contributed by atoms with Crippen molar-refractivity contribution in [3.8, 4) is 0 Å². The molecule has 0 aromatic carbocycles. The molecule has 1 amide bonds. The van der Waals surface area contributed by atoms with E-state index in [2.05, 4.69) is 0 Å². The average Bonchev–Trinajstić information content (AvgIpc) is 2.26. The predicted molar refractivity (Wildman–Crippen MR) is 58.0 cm³/mol. The van der Waals surface area contributed by atoms with Gasteiger partial charge >= 0.3 is 5.97 Å². The van der Waals surface area contributed by atoms with E-state index < -0.39 is 11.9 Å². The fraction of sp³-hybridized carbons (Fsp3) is 0.818. The molecule has 1 fully saturated rings. The molecule has 5 nitrogen and oxygen atoms in total. The van der Waals surface area contributed by atoms with E-state index in [1.54, 1.807) is 12.0 Å². The van der Waals surface area contributed by atoms with E-state index in [1.807, 2.05) is 6.92 Å². The number of piperidine rings is 1. The van der Waals surface area contributed by atoms with E-state index in [9.17, 15) is 9.59 Å². The molecule has 0 bridgehead atoms. The number of rotatable bonds is 5. The topological polar surface area (TPSA) is 66.8 Å². The number of carboxylic acids is 1. The van der Waals surface area contributed by atoms with Crippen LogP contribution < -0.4 is 0 Å². The Morgan fingerprint density at radius 1 is 1.69 bits per heavy atom. The molecule has 0 saturated carbocycles. The molecule has 5 heteroatoms. The van der Waals surface area contributed by atoms with Crippen LogP contribution in [0.5, 0.6) is 0 Å². The molecule has 16 heavy (non-hydrogen) atoms. The largest absolute Gasteiger partial charge is 0.481 e. The molecule has 1 heterocycles. The molecular formula is C11H19NO4. The number of likely N-dealkylation sites (tertiary alicyclic amines) is 1. The van der Waals surface area contributed by atoms with E-state index in [0.29, 0.717) is 26.0 Å². The van der Waals surface area contributed by atoms with Crippen molar-refractivity contribution >= 4 is 11.9 Å². The second-order valence-corrected chi connectivity index (χ2v) is 4.14. The normalized spacial score (nSPS) is 23.2. The van der Waals surface area contributed by atoms with Crippen molar-refractivity contribution in [1.82, 2.24) is 4.90 Å². The van der Waals surface area contributed by atoms with Gasteiger partial charge in [-0.05, 0) is 12.8 Å². The summed E-state index contributed by atoms with van der Waals surface area (Å²) >= 11 is 0. The highest BCUT2D eigenvalue weighted by Crippen LogP contribution is 2.21. The van der Waals surface area contributed by atoms with Gasteiger partial charge in [-0.1, -0.05) is 6.92 Å². The molecule has 1 aliphatic rings. The highest BCUT2D eigenvalue weighted by Gasteiger charge is 2.33. The van der Waals surface area contributed by atoms with Crippen LogP contribution in [-0.4, -0.2) is 48.2 Å². The number of amides is 1. The molecular weight excluding hydrogens is 210 g/mol. The maximum atomic E-state index is 11.7. The molecule has 2 unspecified atom stereocenters. The summed E-state index contributed by atoms with van der Waals surface area (Å²) in [6, 6.07) is -0.000324. The molecule has 0 aliphatic carbocycles. The van der Waals surface area contributed by atoms with Crippen molar-refractivity contribution in [3.63, 3.8) is 0 Å². The van der Waals surface area contributed by atoms with Gasteiger partial charge in [-0.25, -0.2) is 0 Å². The second kappa shape index (κ2) is 5.84. The number of carbonyl (C=O) groups is 2. The van der Waals surface area contributed by atoms with Gasteiger partial charge in [0.1, 0.15) is 0 Å². The Labute approximate surface area is 95.4 Å². The third-order valence-electron chi connectivity index (χ3n) is 3.06. The smallest absolute Gasteiger partial charge is 0.308 e. The first-order chi connectivity index (χ1) is 7.60. The number of hydrogen-bond acceptors (Lipinski definition) is 3. The van der Waals surface area contributed by atoms with E-state index in [-0.39, 0.29) is 11.9 Å². The minimum atomic E-state index is -0.815. The van der Waals surface area contributed by atoms with Crippen LogP contribution in [0.3, 0.4) is 0 Å². The quantitative estimate of drug-likeness (QED) is 0.755. The summed E-state index contributed by atoms with van der Waals surface area (Å²) in [5.74, 6) is -1.20. The first-order valence-electron chi connectivity index (χ1n) is 5.61. The van der Waals surface area contributed by atoms with Gasteiger partial charge in [0.15, 0.2) is 0 Å². The zero-order valence-corrected chi connectivity index (χ0v) is 9.81. The number of ether oxygens (including phenoxy) is 1. The number of aliphatic carboxylic acids is 1. The minimum absolute atomic E-state index is 0.000324. The van der Waals surface area contributed by atoms with Crippen LogP contribution in [0.2, 0.25) is 0 Å². The highest BCUT2D eigenvalue weighted by molar-refractivity contribution is 5.80. The van der Waals surface area contributed by atoms with Gasteiger partial charge in [0.05, 0.1) is 18.6 Å². The van der Waals surface area contributed by atoms with Crippen molar-refractivity contribution in [2.75, 3.05) is 20.3 Å². The zero-order valence-electron chi connectivity index (χ0n) is 9.81. The van der Waals surface area contributed by atoms with Gasteiger partial charge in [0.2, 0.25) is 5.91 Å². The number of carbonyl (C=O) groups excluding carboxylic acids is 1. The molecule has 0 radical (unpaired) electrons. The van der Waals surface area contributed by atoms with Crippen LogP contribution >= 0.6 is 0 Å². The van der Waals surface area contributed by atoms with Crippen LogP contribution in [0.25, 0.3) is 0 Å². The van der Waals surface area contributed by atoms with Gasteiger partial charge in [-0.2, -0.15) is 0 Å². The molecule has 0 aromatic rings. The van der Waals surface area contributed by atoms with Crippen LogP contribution in [0.4, 0.5) is 0 Å². The van der Waals surface area contributed by atoms with E-state index in [1.165, 1.54) is 0 Å². The summed E-state index contributed by atoms with van der Waals surface area (Å²) in [5.41, 5.74) is 0. The van der Waals surface area contributed by atoms with Crippen LogP contribution in [0.15, 0.2) is 0 Å². The van der Waals surface area contributed by atoms with Crippen molar-refractivity contribution in [2.45, 2.75) is 32.2 Å². The van der Waals surface area contributed by atoms with E-state index in [0.717, 1.165) is 6.42 Å². The lowest BCUT2D eigenvalue weighted by atomic mass is 9.96. The Balaban J connectivity index is 2.67. The Morgan fingerprint density at radius 3 is 2.88 bits per heavy atom. The van der Waals surface area contributed by atoms with Crippen LogP contribution in [0.1, 0.15) is 26.2 Å². The molecule has 1 aliphatic heterocycles. The molecule has 1 rings (SSSR count). The first kappa shape index (κ1) is 13.0. The summed E-state index contributed by atoms with van der Waals surface area (Å²) in [6.07, 6.45) is 1.57. The molecule has 2 atom stereocenters. The fourth-order valence-electron chi connectivity index (χ4n) is 2.05. The molecule has 92 valence electrons. The van der Waals surface area contributed by atoms with Gasteiger partial charge in [-0.15, -0.1) is 0 Å². The maximum absolute atomic E-state index is 11.7. The number of nitrogens with zero attached hydrogens (tertiary/aromatic N) is 1. The predicted octanol–water partition coefficient (Wildman–Crippen LogP) is 0.735. The van der Waals surface area contributed by atoms with E-state index in [4.69, 9.17) is 9.84 Å². The number of hydrogen-bond donors (Lipinski definition) is 1. The van der Waals surface area contributed by atoms with E-state index >= 15 is 0 Å². The standard InChI is InChI=1S/C11H19NO4/c1-3-9(7-16-2)12-6-8(11(14)15)4-5-10(12)13/h8-9H,3-7H2,1-2H3,(H,14,15). The Morgan fingerprint density at radius 2 is 2.38 bits per heavy atom. The van der Waals surface area contributed by atoms with Gasteiger partial charge < -0.3 is 14.7 Å². The summed E-state index contributed by atoms with van der Waals surface area (Å²) in [5, 5.41) is 8.96. The Kier molecular flexibility index (Phi) is 4.73. The summed E-state index contributed by atoms with van der Waals surface area (Å²) in [6.45, 7) is 2.76. The van der Waals surface area contributed by atoms with Gasteiger partial charge in [0.25, 0.3) is 0 Å². The zero-order chi connectivity index (χ0) is 12.1. The fourth-order valence-corrected chi connectivity index (χ4v) is 2.05. The van der Waals surface area contributed by atoms with Gasteiger partial charge in [-0.3, -0.25) is 9.59 Å². The van der Waals surface area contributed by atoms with Crippen LogP contribution in [-0.2, 0) is 14.3 Å². The maximum Gasteiger partial charge on any atom is 0.308 e. The first-order valence-corrected chi connectivity index (χ1v) is 5.61. The van der Waals surface area contributed by atoms with Crippen LogP contribution in [0, 0.1) is 5.92 Å². The number of carboxylic acid groups (broad SMARTS) is 1. The third-order valence-corrected chi connectivity index (χ3v) is 3.06.